The largest absolute Gasteiger partial charge is 0.495 e. The molecule has 0 unspecified atom stereocenters. The average Bonchev–Trinajstić information content (AvgIpc) is 3.31. The van der Waals surface area contributed by atoms with Gasteiger partial charge in [-0.2, -0.15) is 4.31 Å². The molecular formula is C22H22N2O5S2. The standard InChI is InChI=1S/C22H22N2O5S2/c1-28-19-8-3-2-7-18(19)23-22(25)17-6-4-5-16(15-17)20-9-10-21(30-20)31(26,27)24-11-13-29-14-12-24/h2-10,15H,11-14H2,1H3,(H,23,25). The van der Waals surface area contributed by atoms with E-state index in [0.717, 1.165) is 10.4 Å². The highest BCUT2D eigenvalue weighted by Gasteiger charge is 2.28. The minimum atomic E-state index is -3.55. The Morgan fingerprint density at radius 1 is 1.06 bits per heavy atom. The Labute approximate surface area is 185 Å². The summed E-state index contributed by atoms with van der Waals surface area (Å²) in [4.78, 5) is 13.5. The van der Waals surface area contributed by atoms with Gasteiger partial charge in [-0.1, -0.05) is 24.3 Å². The molecule has 2 heterocycles. The number of methoxy groups -OCH3 is 1. The Bertz CT molecular complexity index is 1180. The maximum atomic E-state index is 12.9. The minimum absolute atomic E-state index is 0.274. The third-order valence-electron chi connectivity index (χ3n) is 4.91. The molecule has 0 radical (unpaired) electrons. The van der Waals surface area contributed by atoms with E-state index < -0.39 is 10.0 Å². The normalized spacial score (nSPS) is 14.9. The van der Waals surface area contributed by atoms with Crippen LogP contribution in [-0.4, -0.2) is 52.0 Å². The van der Waals surface area contributed by atoms with Gasteiger partial charge >= 0.3 is 0 Å². The fraction of sp³-hybridized carbons (Fsp3) is 0.227. The SMILES string of the molecule is COc1ccccc1NC(=O)c1cccc(-c2ccc(S(=O)(=O)N3CCOCC3)s2)c1. The van der Waals surface area contributed by atoms with Gasteiger partial charge in [0.1, 0.15) is 9.96 Å². The number of hydrogen-bond donors (Lipinski definition) is 1. The van der Waals surface area contributed by atoms with Crippen LogP contribution in [0, 0.1) is 0 Å². The molecule has 3 aromatic rings. The van der Waals surface area contributed by atoms with Gasteiger partial charge in [0.25, 0.3) is 15.9 Å². The first-order valence-electron chi connectivity index (χ1n) is 9.71. The van der Waals surface area contributed by atoms with Gasteiger partial charge in [0.2, 0.25) is 0 Å². The number of ether oxygens (including phenoxy) is 2. The van der Waals surface area contributed by atoms with E-state index >= 15 is 0 Å². The predicted molar refractivity (Wildman–Crippen MR) is 120 cm³/mol. The van der Waals surface area contributed by atoms with E-state index in [2.05, 4.69) is 5.32 Å². The molecule has 1 aliphatic rings. The molecule has 31 heavy (non-hydrogen) atoms. The number of thiophene rings is 1. The average molecular weight is 459 g/mol. The number of carbonyl (C=O) groups excluding carboxylic acids is 1. The van der Waals surface area contributed by atoms with Crippen molar-refractivity contribution in [1.29, 1.82) is 0 Å². The molecule has 4 rings (SSSR count). The van der Waals surface area contributed by atoms with Gasteiger partial charge in [0.15, 0.2) is 0 Å². The lowest BCUT2D eigenvalue weighted by atomic mass is 10.1. The zero-order valence-corrected chi connectivity index (χ0v) is 18.5. The summed E-state index contributed by atoms with van der Waals surface area (Å²) in [6, 6.07) is 17.7. The molecule has 2 aromatic carbocycles. The lowest BCUT2D eigenvalue weighted by Crippen LogP contribution is -2.40. The van der Waals surface area contributed by atoms with Crippen molar-refractivity contribution in [3.05, 3.63) is 66.2 Å². The molecule has 7 nitrogen and oxygen atoms in total. The lowest BCUT2D eigenvalue weighted by Gasteiger charge is -2.25. The van der Waals surface area contributed by atoms with Crippen molar-refractivity contribution in [2.45, 2.75) is 4.21 Å². The van der Waals surface area contributed by atoms with Crippen LogP contribution in [0.2, 0.25) is 0 Å². The maximum Gasteiger partial charge on any atom is 0.255 e. The number of morpholine rings is 1. The second-order valence-corrected chi connectivity index (χ2v) is 10.1. The Kier molecular flexibility index (Phi) is 6.38. The third kappa shape index (κ3) is 4.64. The Morgan fingerprint density at radius 3 is 2.61 bits per heavy atom. The number of amides is 1. The van der Waals surface area contributed by atoms with E-state index in [1.165, 1.54) is 15.6 Å². The van der Waals surface area contributed by atoms with Gasteiger partial charge in [-0.25, -0.2) is 8.42 Å². The molecule has 0 saturated carbocycles. The van der Waals surface area contributed by atoms with Gasteiger partial charge in [0.05, 0.1) is 26.0 Å². The smallest absolute Gasteiger partial charge is 0.255 e. The molecule has 9 heteroatoms. The Morgan fingerprint density at radius 2 is 1.84 bits per heavy atom. The Balaban J connectivity index is 1.55. The summed E-state index contributed by atoms with van der Waals surface area (Å²) in [7, 11) is -2.00. The van der Waals surface area contributed by atoms with Crippen molar-refractivity contribution in [2.24, 2.45) is 0 Å². The minimum Gasteiger partial charge on any atom is -0.495 e. The van der Waals surface area contributed by atoms with E-state index in [9.17, 15) is 13.2 Å². The van der Waals surface area contributed by atoms with E-state index in [0.29, 0.717) is 43.3 Å². The van der Waals surface area contributed by atoms with Gasteiger partial charge in [-0.05, 0) is 42.0 Å². The van der Waals surface area contributed by atoms with Crippen molar-refractivity contribution in [3.63, 3.8) is 0 Å². The van der Waals surface area contributed by atoms with Gasteiger partial charge < -0.3 is 14.8 Å². The zero-order valence-electron chi connectivity index (χ0n) is 16.9. The lowest BCUT2D eigenvalue weighted by molar-refractivity contribution is 0.0731. The molecule has 1 N–H and O–H groups in total. The van der Waals surface area contributed by atoms with Crippen LogP contribution in [0.15, 0.2) is 64.9 Å². The zero-order chi connectivity index (χ0) is 21.8. The van der Waals surface area contributed by atoms with Gasteiger partial charge in [-0.15, -0.1) is 11.3 Å². The fourth-order valence-electron chi connectivity index (χ4n) is 3.28. The van der Waals surface area contributed by atoms with Crippen LogP contribution >= 0.6 is 11.3 Å². The number of para-hydroxylation sites is 2. The van der Waals surface area contributed by atoms with Crippen LogP contribution in [0.3, 0.4) is 0 Å². The van der Waals surface area contributed by atoms with E-state index in [4.69, 9.17) is 9.47 Å². The number of nitrogens with zero attached hydrogens (tertiary/aromatic N) is 1. The summed E-state index contributed by atoms with van der Waals surface area (Å²) in [5.74, 6) is 0.298. The molecule has 1 aliphatic heterocycles. The summed E-state index contributed by atoms with van der Waals surface area (Å²) in [6.45, 7) is 1.52. The maximum absolute atomic E-state index is 12.9. The van der Waals surface area contributed by atoms with Crippen molar-refractivity contribution in [2.75, 3.05) is 38.7 Å². The number of hydrogen-bond acceptors (Lipinski definition) is 6. The van der Waals surface area contributed by atoms with E-state index in [-0.39, 0.29) is 10.1 Å². The van der Waals surface area contributed by atoms with Crippen LogP contribution in [0.4, 0.5) is 5.69 Å². The van der Waals surface area contributed by atoms with Gasteiger partial charge in [-0.3, -0.25) is 4.79 Å². The highest BCUT2D eigenvalue weighted by atomic mass is 32.2. The monoisotopic (exact) mass is 458 g/mol. The van der Waals surface area contributed by atoms with Crippen molar-refractivity contribution in [3.8, 4) is 16.2 Å². The molecule has 0 atom stereocenters. The summed E-state index contributed by atoms with van der Waals surface area (Å²) in [6.07, 6.45) is 0. The van der Waals surface area contributed by atoms with Gasteiger partial charge in [0, 0.05) is 23.5 Å². The number of sulfonamides is 1. The van der Waals surface area contributed by atoms with Crippen LogP contribution in [-0.2, 0) is 14.8 Å². The highest BCUT2D eigenvalue weighted by Crippen LogP contribution is 2.33. The van der Waals surface area contributed by atoms with Crippen molar-refractivity contribution in [1.82, 2.24) is 4.31 Å². The fourth-order valence-corrected chi connectivity index (χ4v) is 6.15. The van der Waals surface area contributed by atoms with Crippen molar-refractivity contribution >= 4 is 33.0 Å². The molecule has 1 aromatic heterocycles. The number of carbonyl (C=O) groups is 1. The molecule has 0 aliphatic carbocycles. The quantitative estimate of drug-likeness (QED) is 0.609. The third-order valence-corrected chi connectivity index (χ3v) is 8.41. The second-order valence-electron chi connectivity index (χ2n) is 6.87. The van der Waals surface area contributed by atoms with Crippen LogP contribution in [0.5, 0.6) is 5.75 Å². The number of benzene rings is 2. The first kappa shape index (κ1) is 21.5. The number of anilines is 1. The first-order chi connectivity index (χ1) is 15.0. The molecule has 0 bridgehead atoms. The summed E-state index contributed by atoms with van der Waals surface area (Å²) in [5.41, 5.74) is 1.82. The topological polar surface area (TPSA) is 84.9 Å². The molecule has 1 amide bonds. The number of rotatable bonds is 6. The van der Waals surface area contributed by atoms with E-state index in [1.54, 1.807) is 49.6 Å². The molecule has 0 spiro atoms. The molecule has 1 fully saturated rings. The predicted octanol–water partition coefficient (Wildman–Crippen LogP) is 3.70. The summed E-state index contributed by atoms with van der Waals surface area (Å²) in [5, 5.41) is 2.85. The second kappa shape index (κ2) is 9.19. The Hall–Kier alpha value is -2.72. The van der Waals surface area contributed by atoms with E-state index in [1.807, 2.05) is 18.2 Å². The molecular weight excluding hydrogens is 436 g/mol. The molecule has 162 valence electrons. The van der Waals surface area contributed by atoms with Crippen molar-refractivity contribution < 1.29 is 22.7 Å². The first-order valence-corrected chi connectivity index (χ1v) is 12.0. The summed E-state index contributed by atoms with van der Waals surface area (Å²) >= 11 is 1.19. The highest BCUT2D eigenvalue weighted by molar-refractivity contribution is 7.91. The van der Waals surface area contributed by atoms with Crippen LogP contribution in [0.1, 0.15) is 10.4 Å². The molecule has 1 saturated heterocycles. The number of nitrogens with one attached hydrogen (secondary N) is 1. The summed E-state index contributed by atoms with van der Waals surface area (Å²) < 4.78 is 38.0. The van der Waals surface area contributed by atoms with Crippen LogP contribution in [0.25, 0.3) is 10.4 Å². The van der Waals surface area contributed by atoms with Crippen LogP contribution < -0.4 is 10.1 Å².